The van der Waals surface area contributed by atoms with Crippen LogP contribution in [0.1, 0.15) is 26.5 Å². The second-order valence-corrected chi connectivity index (χ2v) is 5.56. The maximum Gasteiger partial charge on any atom is 0.167 e. The highest BCUT2D eigenvalue weighted by molar-refractivity contribution is 5.92. The Morgan fingerprint density at radius 2 is 1.89 bits per heavy atom. The van der Waals surface area contributed by atoms with E-state index >= 15 is 0 Å². The van der Waals surface area contributed by atoms with Gasteiger partial charge in [-0.2, -0.15) is 0 Å². The lowest BCUT2D eigenvalue weighted by Gasteiger charge is -2.20. The zero-order valence-corrected chi connectivity index (χ0v) is 12.0. The molecule has 2 rings (SSSR count). The Bertz CT molecular complexity index is 618. The fourth-order valence-corrected chi connectivity index (χ4v) is 1.98. The van der Waals surface area contributed by atoms with E-state index in [2.05, 4.69) is 31.1 Å². The van der Waals surface area contributed by atoms with Crippen molar-refractivity contribution in [3.8, 4) is 5.75 Å². The predicted molar refractivity (Wildman–Crippen MR) is 76.5 cm³/mol. The van der Waals surface area contributed by atoms with E-state index in [-0.39, 0.29) is 11.2 Å². The molecule has 3 nitrogen and oxygen atoms in total. The molecule has 0 aliphatic rings. The molecular weight excluding hydrogens is 243 g/mol. The topological polar surface area (TPSA) is 34.2 Å². The number of ether oxygens (including phenoxy) is 1. The van der Waals surface area contributed by atoms with E-state index in [4.69, 9.17) is 4.74 Å². The van der Waals surface area contributed by atoms with Crippen molar-refractivity contribution in [1.29, 1.82) is 0 Å². The summed E-state index contributed by atoms with van der Waals surface area (Å²) in [7, 11) is 3.30. The smallest absolute Gasteiger partial charge is 0.167 e. The fourth-order valence-electron chi connectivity index (χ4n) is 1.98. The number of aromatic nitrogens is 1. The first-order valence-electron chi connectivity index (χ1n) is 6.23. The van der Waals surface area contributed by atoms with E-state index in [9.17, 15) is 4.39 Å². The lowest BCUT2D eigenvalue weighted by Crippen LogP contribution is -2.14. The van der Waals surface area contributed by atoms with Crippen molar-refractivity contribution in [1.82, 2.24) is 4.98 Å². The van der Waals surface area contributed by atoms with Gasteiger partial charge >= 0.3 is 0 Å². The molecule has 0 bridgehead atoms. The summed E-state index contributed by atoms with van der Waals surface area (Å²) in [6.07, 6.45) is 0. The molecule has 0 spiro atoms. The Morgan fingerprint density at radius 1 is 1.21 bits per heavy atom. The van der Waals surface area contributed by atoms with Crippen LogP contribution in [-0.4, -0.2) is 19.1 Å². The minimum atomic E-state index is -0.393. The maximum atomic E-state index is 13.8. The van der Waals surface area contributed by atoms with Gasteiger partial charge in [0, 0.05) is 35.3 Å². The number of methoxy groups -OCH3 is 1. The zero-order valence-electron chi connectivity index (χ0n) is 12.0. The van der Waals surface area contributed by atoms with Gasteiger partial charge in [0.25, 0.3) is 0 Å². The molecule has 0 fully saturated rings. The molecule has 0 unspecified atom stereocenters. The summed E-state index contributed by atoms with van der Waals surface area (Å²) < 4.78 is 18.8. The molecule has 102 valence electrons. The Hall–Kier alpha value is -1.84. The van der Waals surface area contributed by atoms with Gasteiger partial charge in [-0.25, -0.2) is 4.39 Å². The first-order chi connectivity index (χ1) is 8.86. The number of anilines is 1. The molecule has 1 N–H and O–H groups in total. The molecule has 0 atom stereocenters. The van der Waals surface area contributed by atoms with Gasteiger partial charge in [0.2, 0.25) is 0 Å². The Kier molecular flexibility index (Phi) is 3.35. The second kappa shape index (κ2) is 4.68. The number of benzene rings is 1. The van der Waals surface area contributed by atoms with E-state index in [1.54, 1.807) is 6.07 Å². The molecule has 0 aliphatic heterocycles. The van der Waals surface area contributed by atoms with Crippen molar-refractivity contribution >= 4 is 16.6 Å². The summed E-state index contributed by atoms with van der Waals surface area (Å²) in [6, 6.07) is 5.10. The van der Waals surface area contributed by atoms with Crippen LogP contribution in [0.15, 0.2) is 18.2 Å². The van der Waals surface area contributed by atoms with E-state index < -0.39 is 5.82 Å². The monoisotopic (exact) mass is 262 g/mol. The van der Waals surface area contributed by atoms with Crippen molar-refractivity contribution in [2.24, 2.45) is 0 Å². The molecule has 0 aliphatic carbocycles. The van der Waals surface area contributed by atoms with Crippen LogP contribution >= 0.6 is 0 Å². The maximum absolute atomic E-state index is 13.8. The molecule has 1 aromatic heterocycles. The average Bonchev–Trinajstić information content (AvgIpc) is 2.35. The van der Waals surface area contributed by atoms with Gasteiger partial charge in [0.1, 0.15) is 0 Å². The zero-order chi connectivity index (χ0) is 14.2. The molecule has 0 saturated carbocycles. The van der Waals surface area contributed by atoms with E-state index in [1.807, 2.05) is 13.1 Å². The minimum absolute atomic E-state index is 0.0871. The summed E-state index contributed by atoms with van der Waals surface area (Å²) in [5.41, 5.74) is 2.40. The fraction of sp³-hybridized carbons (Fsp3) is 0.400. The number of nitrogens with one attached hydrogen (secondary N) is 1. The van der Waals surface area contributed by atoms with Crippen molar-refractivity contribution in [2.45, 2.75) is 26.2 Å². The minimum Gasteiger partial charge on any atom is -0.494 e. The number of nitrogens with zero attached hydrogens (tertiary/aromatic N) is 1. The van der Waals surface area contributed by atoms with Gasteiger partial charge in [-0.15, -0.1) is 0 Å². The molecule has 2 aromatic rings. The largest absolute Gasteiger partial charge is 0.494 e. The Balaban J connectivity index is 2.77. The average molecular weight is 262 g/mol. The lowest BCUT2D eigenvalue weighted by atomic mass is 9.90. The van der Waals surface area contributed by atoms with Crippen LogP contribution in [0.25, 0.3) is 10.9 Å². The predicted octanol–water partition coefficient (Wildman–Crippen LogP) is 3.72. The van der Waals surface area contributed by atoms with Gasteiger partial charge in [0.05, 0.1) is 12.6 Å². The number of pyridine rings is 1. The SMILES string of the molecule is CNc1cc(C(C)(C)C)nc2cc(F)c(OC)cc12. The van der Waals surface area contributed by atoms with Crippen LogP contribution in [0, 0.1) is 5.82 Å². The van der Waals surface area contributed by atoms with Gasteiger partial charge in [-0.3, -0.25) is 4.98 Å². The Labute approximate surface area is 112 Å². The van der Waals surface area contributed by atoms with Gasteiger partial charge in [-0.05, 0) is 12.1 Å². The number of fused-ring (bicyclic) bond motifs is 1. The van der Waals surface area contributed by atoms with Crippen LogP contribution in [0.3, 0.4) is 0 Å². The Morgan fingerprint density at radius 3 is 2.42 bits per heavy atom. The molecule has 0 saturated heterocycles. The summed E-state index contributed by atoms with van der Waals surface area (Å²) in [6.45, 7) is 6.25. The standard InChI is InChI=1S/C15H19FN2O/c1-15(2,3)14-8-11(17-4)9-6-13(19-5)10(16)7-12(9)18-14/h6-8H,1-5H3,(H,17,18). The van der Waals surface area contributed by atoms with Crippen LogP contribution in [0.5, 0.6) is 5.75 Å². The quantitative estimate of drug-likeness (QED) is 0.895. The van der Waals surface area contributed by atoms with Gasteiger partial charge < -0.3 is 10.1 Å². The van der Waals surface area contributed by atoms with Crippen LogP contribution in [0.4, 0.5) is 10.1 Å². The molecule has 1 aromatic carbocycles. The highest BCUT2D eigenvalue weighted by Gasteiger charge is 2.18. The van der Waals surface area contributed by atoms with Crippen molar-refractivity contribution in [2.75, 3.05) is 19.5 Å². The molecule has 4 heteroatoms. The number of halogens is 1. The third-order valence-corrected chi connectivity index (χ3v) is 3.12. The van der Waals surface area contributed by atoms with Gasteiger partial charge in [-0.1, -0.05) is 20.8 Å². The normalized spacial score (nSPS) is 11.7. The van der Waals surface area contributed by atoms with Crippen LogP contribution < -0.4 is 10.1 Å². The summed E-state index contributed by atoms with van der Waals surface area (Å²) in [4.78, 5) is 4.56. The third-order valence-electron chi connectivity index (χ3n) is 3.12. The molecule has 0 amide bonds. The summed E-state index contributed by atoms with van der Waals surface area (Å²) in [5.74, 6) is -0.162. The summed E-state index contributed by atoms with van der Waals surface area (Å²) in [5, 5.41) is 3.99. The van der Waals surface area contributed by atoms with Crippen molar-refractivity contribution in [3.05, 3.63) is 29.7 Å². The highest BCUT2D eigenvalue weighted by Crippen LogP contribution is 2.32. The summed E-state index contributed by atoms with van der Waals surface area (Å²) >= 11 is 0. The first kappa shape index (κ1) is 13.6. The van der Waals surface area contributed by atoms with Gasteiger partial charge in [0.15, 0.2) is 11.6 Å². The number of rotatable bonds is 2. The van der Waals surface area contributed by atoms with Crippen LogP contribution in [-0.2, 0) is 5.41 Å². The highest BCUT2D eigenvalue weighted by atomic mass is 19.1. The third kappa shape index (κ3) is 2.48. The molecule has 1 heterocycles. The van der Waals surface area contributed by atoms with E-state index in [1.165, 1.54) is 13.2 Å². The van der Waals surface area contributed by atoms with E-state index in [0.717, 1.165) is 16.8 Å². The van der Waals surface area contributed by atoms with Crippen LogP contribution in [0.2, 0.25) is 0 Å². The molecule has 0 radical (unpaired) electrons. The lowest BCUT2D eigenvalue weighted by molar-refractivity contribution is 0.387. The number of hydrogen-bond donors (Lipinski definition) is 1. The molecule has 19 heavy (non-hydrogen) atoms. The molecular formula is C15H19FN2O. The second-order valence-electron chi connectivity index (χ2n) is 5.56. The number of hydrogen-bond acceptors (Lipinski definition) is 3. The van der Waals surface area contributed by atoms with Crippen molar-refractivity contribution < 1.29 is 9.13 Å². The van der Waals surface area contributed by atoms with Crippen molar-refractivity contribution in [3.63, 3.8) is 0 Å². The first-order valence-corrected chi connectivity index (χ1v) is 6.23. The van der Waals surface area contributed by atoms with E-state index in [0.29, 0.717) is 5.52 Å².